The fourth-order valence-electron chi connectivity index (χ4n) is 2.15. The normalized spacial score (nSPS) is 15.7. The van der Waals surface area contributed by atoms with E-state index in [9.17, 15) is 13.2 Å². The zero-order valence-corrected chi connectivity index (χ0v) is 14.2. The van der Waals surface area contributed by atoms with Gasteiger partial charge in [-0.15, -0.1) is 10.2 Å². The molecule has 2 aromatic rings. The van der Waals surface area contributed by atoms with Crippen molar-refractivity contribution in [3.05, 3.63) is 63.2 Å². The molecule has 0 N–H and O–H groups in total. The molecule has 0 spiro atoms. The molecule has 0 unspecified atom stereocenters. The number of halogens is 4. The van der Waals surface area contributed by atoms with Crippen LogP contribution >= 0.6 is 22.6 Å². The first kappa shape index (κ1) is 16.8. The van der Waals surface area contributed by atoms with Crippen LogP contribution in [-0.4, -0.2) is 6.18 Å². The first-order chi connectivity index (χ1) is 11.4. The Morgan fingerprint density at radius 3 is 2.25 bits per heavy atom. The van der Waals surface area contributed by atoms with E-state index in [0.29, 0.717) is 15.9 Å². The summed E-state index contributed by atoms with van der Waals surface area (Å²) >= 11 is 1.91. The van der Waals surface area contributed by atoms with Crippen LogP contribution in [0.5, 0.6) is 5.75 Å². The SMILES string of the molecule is FC(F)(F)C1(c2ccc(OCc3ccccc3)c(I)c2)N=NN=N1. The molecule has 0 aromatic heterocycles. The molecule has 0 atom stereocenters. The molecule has 124 valence electrons. The third-order valence-electron chi connectivity index (χ3n) is 3.39. The van der Waals surface area contributed by atoms with E-state index in [1.807, 2.05) is 52.9 Å². The van der Waals surface area contributed by atoms with Gasteiger partial charge in [0.05, 0.1) is 3.57 Å². The molecule has 0 fully saturated rings. The monoisotopic (exact) mass is 446 g/mol. The molecule has 0 radical (unpaired) electrons. The Balaban J connectivity index is 1.85. The number of hydrogen-bond donors (Lipinski definition) is 0. The van der Waals surface area contributed by atoms with E-state index >= 15 is 0 Å². The predicted octanol–water partition coefficient (Wildman–Crippen LogP) is 5.42. The average molecular weight is 446 g/mol. The molecule has 9 heteroatoms. The van der Waals surface area contributed by atoms with Gasteiger partial charge in [0.1, 0.15) is 12.4 Å². The number of nitrogens with zero attached hydrogens (tertiary/aromatic N) is 4. The molecule has 24 heavy (non-hydrogen) atoms. The van der Waals surface area contributed by atoms with Crippen LogP contribution in [0.25, 0.3) is 0 Å². The molecule has 0 saturated carbocycles. The minimum atomic E-state index is -4.73. The van der Waals surface area contributed by atoms with Gasteiger partial charge in [0.15, 0.2) is 0 Å². The smallest absolute Gasteiger partial charge is 0.442 e. The molecule has 1 aliphatic rings. The van der Waals surface area contributed by atoms with Gasteiger partial charge in [0, 0.05) is 5.56 Å². The summed E-state index contributed by atoms with van der Waals surface area (Å²) in [5.74, 6) is 0.479. The van der Waals surface area contributed by atoms with Gasteiger partial charge in [-0.25, -0.2) is 0 Å². The van der Waals surface area contributed by atoms with E-state index in [4.69, 9.17) is 4.74 Å². The Morgan fingerprint density at radius 2 is 1.67 bits per heavy atom. The van der Waals surface area contributed by atoms with Gasteiger partial charge < -0.3 is 4.74 Å². The average Bonchev–Trinajstić information content (AvgIpc) is 3.05. The summed E-state index contributed by atoms with van der Waals surface area (Å²) in [5, 5.41) is 12.5. The summed E-state index contributed by atoms with van der Waals surface area (Å²) in [7, 11) is 0. The molecule has 0 bridgehead atoms. The highest BCUT2D eigenvalue weighted by atomic mass is 127. The molecule has 0 saturated heterocycles. The van der Waals surface area contributed by atoms with Crippen LogP contribution in [-0.2, 0) is 12.3 Å². The van der Waals surface area contributed by atoms with Crippen LogP contribution in [0.1, 0.15) is 11.1 Å². The second kappa shape index (κ2) is 6.46. The maximum atomic E-state index is 13.4. The maximum absolute atomic E-state index is 13.4. The van der Waals surface area contributed by atoms with Gasteiger partial charge in [-0.1, -0.05) is 36.4 Å². The van der Waals surface area contributed by atoms with Crippen molar-refractivity contribution in [1.29, 1.82) is 0 Å². The standard InChI is InChI=1S/C15H10F3IN4O/c16-15(17,18)14(20-22-23-21-14)11-6-7-13(12(19)8-11)24-9-10-4-2-1-3-5-10/h1-8H,9H2. The molecule has 5 nitrogen and oxygen atoms in total. The van der Waals surface area contributed by atoms with Gasteiger partial charge in [0.2, 0.25) is 0 Å². The molecule has 2 aromatic carbocycles. The zero-order chi connectivity index (χ0) is 17.2. The fraction of sp³-hybridized carbons (Fsp3) is 0.200. The lowest BCUT2D eigenvalue weighted by Crippen LogP contribution is -2.37. The van der Waals surface area contributed by atoms with Crippen molar-refractivity contribution in [2.24, 2.45) is 20.7 Å². The first-order valence-corrected chi connectivity index (χ1v) is 7.88. The molecular weight excluding hydrogens is 436 g/mol. The number of benzene rings is 2. The van der Waals surface area contributed by atoms with Crippen molar-refractivity contribution in [1.82, 2.24) is 0 Å². The minimum Gasteiger partial charge on any atom is -0.488 e. The van der Waals surface area contributed by atoms with E-state index in [2.05, 4.69) is 20.7 Å². The summed E-state index contributed by atoms with van der Waals surface area (Å²) in [6.45, 7) is 0.319. The Bertz CT molecular complexity index is 781. The van der Waals surface area contributed by atoms with Crippen LogP contribution in [0, 0.1) is 3.57 Å². The van der Waals surface area contributed by atoms with Crippen LogP contribution in [0.3, 0.4) is 0 Å². The van der Waals surface area contributed by atoms with Crippen molar-refractivity contribution in [2.45, 2.75) is 18.4 Å². The van der Waals surface area contributed by atoms with E-state index in [1.165, 1.54) is 18.2 Å². The second-order valence-corrected chi connectivity index (χ2v) is 6.13. The molecule has 3 rings (SSSR count). The third-order valence-corrected chi connectivity index (χ3v) is 4.23. The van der Waals surface area contributed by atoms with Crippen molar-refractivity contribution in [3.63, 3.8) is 0 Å². The highest BCUT2D eigenvalue weighted by Gasteiger charge is 2.60. The molecule has 0 amide bonds. The number of hydrogen-bond acceptors (Lipinski definition) is 5. The van der Waals surface area contributed by atoms with Crippen LogP contribution in [0.2, 0.25) is 0 Å². The zero-order valence-electron chi connectivity index (χ0n) is 12.0. The molecule has 1 heterocycles. The Morgan fingerprint density at radius 1 is 1.00 bits per heavy atom. The maximum Gasteiger partial charge on any atom is 0.442 e. The molecular formula is C15H10F3IN4O. The molecule has 1 aliphatic heterocycles. The lowest BCUT2D eigenvalue weighted by molar-refractivity contribution is -0.187. The van der Waals surface area contributed by atoms with E-state index in [1.54, 1.807) is 0 Å². The third kappa shape index (κ3) is 3.12. The number of ether oxygens (including phenoxy) is 1. The topological polar surface area (TPSA) is 58.7 Å². The van der Waals surface area contributed by atoms with Crippen molar-refractivity contribution < 1.29 is 17.9 Å². The van der Waals surface area contributed by atoms with Gasteiger partial charge in [-0.05, 0) is 50.7 Å². The fourth-order valence-corrected chi connectivity index (χ4v) is 2.82. The van der Waals surface area contributed by atoms with E-state index in [-0.39, 0.29) is 5.56 Å². The molecule has 0 aliphatic carbocycles. The first-order valence-electron chi connectivity index (χ1n) is 6.80. The van der Waals surface area contributed by atoms with E-state index in [0.717, 1.165) is 5.56 Å². The summed E-state index contributed by atoms with van der Waals surface area (Å²) in [6.07, 6.45) is -4.73. The van der Waals surface area contributed by atoms with Gasteiger partial charge in [-0.2, -0.15) is 13.2 Å². The second-order valence-electron chi connectivity index (χ2n) is 4.97. The van der Waals surface area contributed by atoms with Gasteiger partial charge >= 0.3 is 11.8 Å². The van der Waals surface area contributed by atoms with Crippen LogP contribution < -0.4 is 4.74 Å². The Hall–Kier alpha value is -2.04. The minimum absolute atomic E-state index is 0.156. The van der Waals surface area contributed by atoms with Crippen LogP contribution in [0.15, 0.2) is 69.2 Å². The Labute approximate surface area is 148 Å². The summed E-state index contributed by atoms with van der Waals surface area (Å²) in [4.78, 5) is 0. The van der Waals surface area contributed by atoms with Crippen LogP contribution in [0.4, 0.5) is 13.2 Å². The van der Waals surface area contributed by atoms with Crippen molar-refractivity contribution >= 4 is 22.6 Å². The highest BCUT2D eigenvalue weighted by molar-refractivity contribution is 14.1. The predicted molar refractivity (Wildman–Crippen MR) is 87.4 cm³/mol. The largest absolute Gasteiger partial charge is 0.488 e. The van der Waals surface area contributed by atoms with Crippen molar-refractivity contribution in [2.75, 3.05) is 0 Å². The van der Waals surface area contributed by atoms with Gasteiger partial charge in [0.25, 0.3) is 0 Å². The van der Waals surface area contributed by atoms with Crippen molar-refractivity contribution in [3.8, 4) is 5.75 Å². The quantitative estimate of drug-likeness (QED) is 0.579. The lowest BCUT2D eigenvalue weighted by Gasteiger charge is -2.23. The Kier molecular flexibility index (Phi) is 4.52. The van der Waals surface area contributed by atoms with E-state index < -0.39 is 11.8 Å². The summed E-state index contributed by atoms with van der Waals surface area (Å²) in [6, 6.07) is 13.5. The number of alkyl halides is 3. The lowest BCUT2D eigenvalue weighted by atomic mass is 10.0. The summed E-state index contributed by atoms with van der Waals surface area (Å²) in [5.41, 5.74) is -1.97. The summed E-state index contributed by atoms with van der Waals surface area (Å²) < 4.78 is 46.3. The highest BCUT2D eigenvalue weighted by Crippen LogP contribution is 2.47. The van der Waals surface area contributed by atoms with Gasteiger partial charge in [-0.3, -0.25) is 0 Å². The number of rotatable bonds is 4.